The van der Waals surface area contributed by atoms with Gasteiger partial charge in [0.2, 0.25) is 0 Å². The summed E-state index contributed by atoms with van der Waals surface area (Å²) >= 11 is 0. The van der Waals surface area contributed by atoms with Crippen molar-refractivity contribution in [2.45, 2.75) is 44.8 Å². The van der Waals surface area contributed by atoms with Gasteiger partial charge in [-0.05, 0) is 50.8 Å². The fraction of sp³-hybridized carbons (Fsp3) is 0.647. The van der Waals surface area contributed by atoms with E-state index in [-0.39, 0.29) is 6.10 Å². The van der Waals surface area contributed by atoms with Gasteiger partial charge >= 0.3 is 0 Å². The number of hydrogen-bond donors (Lipinski definition) is 3. The molecule has 1 aromatic rings. The average Bonchev–Trinajstić information content (AvgIpc) is 2.47. The molecule has 2 rings (SSSR count). The van der Waals surface area contributed by atoms with Crippen molar-refractivity contribution >= 4 is 0 Å². The maximum atomic E-state index is 10.3. The summed E-state index contributed by atoms with van der Waals surface area (Å²) in [5, 5.41) is 23.3. The van der Waals surface area contributed by atoms with Gasteiger partial charge in [0.05, 0.1) is 19.3 Å². The predicted octanol–water partition coefficient (Wildman–Crippen LogP) is 2.18. The smallest absolute Gasteiger partial charge is 0.124 e. The topological polar surface area (TPSA) is 61.7 Å². The predicted molar refractivity (Wildman–Crippen MR) is 83.5 cm³/mol. The van der Waals surface area contributed by atoms with Gasteiger partial charge in [0, 0.05) is 12.1 Å². The van der Waals surface area contributed by atoms with Crippen molar-refractivity contribution < 1.29 is 14.9 Å². The molecule has 1 aliphatic carbocycles. The van der Waals surface area contributed by atoms with Crippen molar-refractivity contribution in [1.82, 2.24) is 5.32 Å². The van der Waals surface area contributed by atoms with Gasteiger partial charge in [-0.25, -0.2) is 0 Å². The van der Waals surface area contributed by atoms with Crippen molar-refractivity contribution in [3.8, 4) is 5.75 Å². The Morgan fingerprint density at radius 1 is 1.38 bits per heavy atom. The van der Waals surface area contributed by atoms with E-state index >= 15 is 0 Å². The van der Waals surface area contributed by atoms with E-state index in [1.807, 2.05) is 25.1 Å². The third-order valence-electron chi connectivity index (χ3n) is 4.27. The highest BCUT2D eigenvalue weighted by atomic mass is 16.5. The fourth-order valence-electron chi connectivity index (χ4n) is 3.10. The van der Waals surface area contributed by atoms with Gasteiger partial charge in [-0.1, -0.05) is 18.1 Å². The number of nitrogens with one attached hydrogen (secondary N) is 1. The summed E-state index contributed by atoms with van der Waals surface area (Å²) < 4.78 is 5.31. The Balaban J connectivity index is 1.84. The number of methoxy groups -OCH3 is 1. The Kier molecular flexibility index (Phi) is 6.03. The maximum Gasteiger partial charge on any atom is 0.124 e. The minimum atomic E-state index is -0.576. The molecule has 0 radical (unpaired) electrons. The first-order chi connectivity index (χ1) is 10.1. The highest BCUT2D eigenvalue weighted by Crippen LogP contribution is 2.26. The summed E-state index contributed by atoms with van der Waals surface area (Å²) in [5.41, 5.74) is 1.94. The molecule has 1 aromatic carbocycles. The van der Waals surface area contributed by atoms with E-state index in [2.05, 4.69) is 5.32 Å². The van der Waals surface area contributed by atoms with Gasteiger partial charge < -0.3 is 20.3 Å². The summed E-state index contributed by atoms with van der Waals surface area (Å²) in [6.45, 7) is 3.36. The number of benzene rings is 1. The van der Waals surface area contributed by atoms with Crippen LogP contribution >= 0.6 is 0 Å². The van der Waals surface area contributed by atoms with Crippen LogP contribution in [-0.2, 0) is 0 Å². The van der Waals surface area contributed by atoms with E-state index in [4.69, 9.17) is 4.74 Å². The maximum absolute atomic E-state index is 10.3. The van der Waals surface area contributed by atoms with E-state index in [0.29, 0.717) is 12.5 Å². The van der Waals surface area contributed by atoms with Crippen molar-refractivity contribution in [2.75, 3.05) is 20.2 Å². The second-order valence-corrected chi connectivity index (χ2v) is 6.11. The Hall–Kier alpha value is -1.10. The van der Waals surface area contributed by atoms with E-state index < -0.39 is 6.10 Å². The van der Waals surface area contributed by atoms with Crippen LogP contribution in [0.4, 0.5) is 0 Å². The lowest BCUT2D eigenvalue weighted by molar-refractivity contribution is 0.0982. The van der Waals surface area contributed by atoms with Crippen LogP contribution in [0, 0.1) is 12.8 Å². The summed E-state index contributed by atoms with van der Waals surface area (Å²) in [7, 11) is 1.62. The van der Waals surface area contributed by atoms with Crippen LogP contribution in [0.25, 0.3) is 0 Å². The Bertz CT molecular complexity index is 450. The number of ether oxygens (including phenoxy) is 1. The Morgan fingerprint density at radius 3 is 2.90 bits per heavy atom. The van der Waals surface area contributed by atoms with Crippen molar-refractivity contribution in [1.29, 1.82) is 0 Å². The van der Waals surface area contributed by atoms with Gasteiger partial charge in [0.1, 0.15) is 5.75 Å². The minimum Gasteiger partial charge on any atom is -0.496 e. The zero-order valence-electron chi connectivity index (χ0n) is 13.0. The monoisotopic (exact) mass is 293 g/mol. The summed E-state index contributed by atoms with van der Waals surface area (Å²) in [5.74, 6) is 1.24. The van der Waals surface area contributed by atoms with E-state index in [1.165, 1.54) is 0 Å². The lowest BCUT2D eigenvalue weighted by atomic mass is 9.87. The third kappa shape index (κ3) is 4.70. The molecule has 1 saturated carbocycles. The summed E-state index contributed by atoms with van der Waals surface area (Å²) in [6.07, 6.45) is 3.34. The van der Waals surface area contributed by atoms with Crippen LogP contribution in [0.15, 0.2) is 18.2 Å². The molecule has 1 aliphatic rings. The Labute approximate surface area is 127 Å². The van der Waals surface area contributed by atoms with E-state index in [1.54, 1.807) is 7.11 Å². The van der Waals surface area contributed by atoms with Gasteiger partial charge in [0.25, 0.3) is 0 Å². The van der Waals surface area contributed by atoms with Crippen LogP contribution in [0.2, 0.25) is 0 Å². The van der Waals surface area contributed by atoms with Crippen LogP contribution in [0.5, 0.6) is 5.75 Å². The molecule has 4 nitrogen and oxygen atoms in total. The molecule has 3 unspecified atom stereocenters. The molecule has 4 heteroatoms. The normalized spacial score (nSPS) is 23.8. The molecule has 118 valence electrons. The van der Waals surface area contributed by atoms with Gasteiger partial charge in [-0.15, -0.1) is 0 Å². The molecule has 3 atom stereocenters. The molecule has 0 spiro atoms. The number of aliphatic hydroxyl groups is 2. The molecule has 0 aromatic heterocycles. The standard InChI is InChI=1S/C17H27NO3/c1-12-6-7-17(21-2)15(8-12)16(20)11-18-10-13-4-3-5-14(19)9-13/h6-8,13-14,16,18-20H,3-5,9-11H2,1-2H3. The van der Waals surface area contributed by atoms with Crippen LogP contribution in [-0.4, -0.2) is 36.5 Å². The third-order valence-corrected chi connectivity index (χ3v) is 4.27. The molecular weight excluding hydrogens is 266 g/mol. The quantitative estimate of drug-likeness (QED) is 0.752. The number of aliphatic hydroxyl groups excluding tert-OH is 2. The second kappa shape index (κ2) is 7.78. The lowest BCUT2D eigenvalue weighted by Gasteiger charge is -2.26. The van der Waals surface area contributed by atoms with Crippen LogP contribution in [0.1, 0.15) is 42.9 Å². The highest BCUT2D eigenvalue weighted by Gasteiger charge is 2.20. The molecule has 1 fully saturated rings. The summed E-state index contributed by atoms with van der Waals surface area (Å²) in [4.78, 5) is 0. The fourth-order valence-corrected chi connectivity index (χ4v) is 3.10. The van der Waals surface area contributed by atoms with Crippen molar-refractivity contribution in [3.05, 3.63) is 29.3 Å². The van der Waals surface area contributed by atoms with Gasteiger partial charge in [0.15, 0.2) is 0 Å². The molecule has 21 heavy (non-hydrogen) atoms. The first-order valence-corrected chi connectivity index (χ1v) is 7.81. The Morgan fingerprint density at radius 2 is 2.19 bits per heavy atom. The van der Waals surface area contributed by atoms with Gasteiger partial charge in [-0.3, -0.25) is 0 Å². The van der Waals surface area contributed by atoms with Crippen molar-refractivity contribution in [2.24, 2.45) is 5.92 Å². The first kappa shape index (κ1) is 16.3. The van der Waals surface area contributed by atoms with Crippen LogP contribution in [0.3, 0.4) is 0 Å². The first-order valence-electron chi connectivity index (χ1n) is 7.81. The minimum absolute atomic E-state index is 0.146. The second-order valence-electron chi connectivity index (χ2n) is 6.11. The summed E-state index contributed by atoms with van der Waals surface area (Å²) in [6, 6.07) is 5.84. The average molecular weight is 293 g/mol. The molecule has 0 bridgehead atoms. The van der Waals surface area contributed by atoms with Crippen molar-refractivity contribution in [3.63, 3.8) is 0 Å². The lowest BCUT2D eigenvalue weighted by Crippen LogP contribution is -2.31. The number of aryl methyl sites for hydroxylation is 1. The molecule has 0 saturated heterocycles. The zero-order valence-corrected chi connectivity index (χ0v) is 13.0. The zero-order chi connectivity index (χ0) is 15.2. The van der Waals surface area contributed by atoms with E-state index in [0.717, 1.165) is 49.1 Å². The molecule has 3 N–H and O–H groups in total. The molecule has 0 heterocycles. The number of rotatable bonds is 6. The van der Waals surface area contributed by atoms with E-state index in [9.17, 15) is 10.2 Å². The van der Waals surface area contributed by atoms with Gasteiger partial charge in [-0.2, -0.15) is 0 Å². The van der Waals surface area contributed by atoms with Crippen LogP contribution < -0.4 is 10.1 Å². The number of hydrogen-bond acceptors (Lipinski definition) is 4. The highest BCUT2D eigenvalue weighted by molar-refractivity contribution is 5.38. The SMILES string of the molecule is COc1ccc(C)cc1C(O)CNCC1CCCC(O)C1. The largest absolute Gasteiger partial charge is 0.496 e. The molecule has 0 aliphatic heterocycles. The molecule has 0 amide bonds. The molecular formula is C17H27NO3.